The molecule has 0 radical (unpaired) electrons. The molecule has 0 aromatic heterocycles. The van der Waals surface area contributed by atoms with Crippen molar-refractivity contribution in [2.45, 2.75) is 56.9 Å². The molecule has 1 aromatic carbocycles. The maximum absolute atomic E-state index is 9.85. The second kappa shape index (κ2) is 8.74. The molecule has 0 aliphatic heterocycles. The average molecular weight is 299 g/mol. The van der Waals surface area contributed by atoms with Crippen LogP contribution in [0.4, 0.5) is 0 Å². The van der Waals surface area contributed by atoms with Crippen LogP contribution in [-0.4, -0.2) is 26.2 Å². The summed E-state index contributed by atoms with van der Waals surface area (Å²) in [5, 5.41) is 9.85. The van der Waals surface area contributed by atoms with Gasteiger partial charge in [0.05, 0.1) is 0 Å². The summed E-state index contributed by atoms with van der Waals surface area (Å²) >= 11 is 0.404. The van der Waals surface area contributed by atoms with E-state index >= 15 is 0 Å². The number of unbranched alkanes of at least 4 members (excludes halogenated alkanes) is 3. The van der Waals surface area contributed by atoms with Crippen molar-refractivity contribution in [1.29, 1.82) is 0 Å². The summed E-state index contributed by atoms with van der Waals surface area (Å²) in [6.45, 7) is 4.18. The van der Waals surface area contributed by atoms with E-state index in [-0.39, 0.29) is 6.10 Å². The molecule has 2 atom stereocenters. The fourth-order valence-electron chi connectivity index (χ4n) is 1.84. The van der Waals surface area contributed by atoms with E-state index in [0.717, 1.165) is 0 Å². The Bertz CT molecular complexity index is 284. The third kappa shape index (κ3) is 6.26. The molecule has 1 rings (SSSR count). The molecule has 17 heavy (non-hydrogen) atoms. The number of hydrogen-bond donors (Lipinski definition) is 1. The molecule has 0 heterocycles. The van der Waals surface area contributed by atoms with Gasteiger partial charge in [0.25, 0.3) is 0 Å². The predicted octanol–water partition coefficient (Wildman–Crippen LogP) is 3.16. The van der Waals surface area contributed by atoms with Crippen molar-refractivity contribution < 1.29 is 5.11 Å². The zero-order chi connectivity index (χ0) is 12.5. The second-order valence-corrected chi connectivity index (χ2v) is 7.31. The molecule has 0 bridgehead atoms. The van der Waals surface area contributed by atoms with E-state index in [2.05, 4.69) is 37.3 Å². The van der Waals surface area contributed by atoms with Gasteiger partial charge in [-0.2, -0.15) is 0 Å². The number of rotatable bonds is 8. The molecular weight excluding hydrogens is 275 g/mol. The van der Waals surface area contributed by atoms with Crippen molar-refractivity contribution in [3.8, 4) is 0 Å². The minimum absolute atomic E-state index is 0.170. The van der Waals surface area contributed by atoms with Crippen LogP contribution in [0.15, 0.2) is 30.3 Å². The standard InChI is InChI=1S/C15H24OSe/c1-3-4-5-9-12-15(13(2)16)17-14-10-7-6-8-11-14/h6-8,10-11,13,15-16H,3-5,9,12H2,1-2H3/t13-,15+/m0/s1. The van der Waals surface area contributed by atoms with Gasteiger partial charge in [-0.15, -0.1) is 0 Å². The summed E-state index contributed by atoms with van der Waals surface area (Å²) in [4.78, 5) is 0.474. The van der Waals surface area contributed by atoms with Gasteiger partial charge in [0, 0.05) is 0 Å². The molecule has 1 nitrogen and oxygen atoms in total. The monoisotopic (exact) mass is 300 g/mol. The van der Waals surface area contributed by atoms with Crippen LogP contribution in [0.1, 0.15) is 46.0 Å². The summed E-state index contributed by atoms with van der Waals surface area (Å²) in [5.74, 6) is 0. The first kappa shape index (κ1) is 14.8. The van der Waals surface area contributed by atoms with Crippen LogP contribution >= 0.6 is 0 Å². The van der Waals surface area contributed by atoms with E-state index in [1.807, 2.05) is 6.92 Å². The molecule has 0 spiro atoms. The molecule has 2 heteroatoms. The number of hydrogen-bond acceptors (Lipinski definition) is 1. The SMILES string of the molecule is CCCCCC[C@@H]([Se]c1ccccc1)[C@H](C)O. The van der Waals surface area contributed by atoms with E-state index < -0.39 is 0 Å². The van der Waals surface area contributed by atoms with Crippen molar-refractivity contribution in [2.24, 2.45) is 0 Å². The first-order valence-corrected chi connectivity index (χ1v) is 8.48. The molecule has 0 saturated carbocycles. The van der Waals surface area contributed by atoms with Crippen molar-refractivity contribution >= 4 is 19.4 Å². The van der Waals surface area contributed by atoms with Gasteiger partial charge in [-0.25, -0.2) is 0 Å². The van der Waals surface area contributed by atoms with Crippen LogP contribution in [0, 0.1) is 0 Å². The van der Waals surface area contributed by atoms with E-state index in [4.69, 9.17) is 0 Å². The van der Waals surface area contributed by atoms with Crippen LogP contribution in [0.5, 0.6) is 0 Å². The van der Waals surface area contributed by atoms with Gasteiger partial charge in [0.1, 0.15) is 0 Å². The van der Waals surface area contributed by atoms with Crippen LogP contribution in [0.25, 0.3) is 0 Å². The van der Waals surface area contributed by atoms with E-state index in [0.29, 0.717) is 19.8 Å². The molecule has 0 fully saturated rings. The molecular formula is C15H24OSe. The molecule has 0 unspecified atom stereocenters. The molecule has 0 aliphatic rings. The topological polar surface area (TPSA) is 20.2 Å². The van der Waals surface area contributed by atoms with Gasteiger partial charge >= 0.3 is 112 Å². The zero-order valence-electron chi connectivity index (χ0n) is 10.9. The molecule has 0 amide bonds. The van der Waals surface area contributed by atoms with E-state index in [1.54, 1.807) is 0 Å². The van der Waals surface area contributed by atoms with Crippen molar-refractivity contribution in [2.75, 3.05) is 0 Å². The van der Waals surface area contributed by atoms with Gasteiger partial charge in [-0.1, -0.05) is 0 Å². The summed E-state index contributed by atoms with van der Waals surface area (Å²) in [6, 6.07) is 10.6. The van der Waals surface area contributed by atoms with Gasteiger partial charge < -0.3 is 0 Å². The maximum atomic E-state index is 9.85. The first-order valence-electron chi connectivity index (χ1n) is 6.63. The average Bonchev–Trinajstić information content (AvgIpc) is 2.34. The molecule has 1 aromatic rings. The first-order chi connectivity index (χ1) is 8.24. The van der Waals surface area contributed by atoms with Crippen LogP contribution in [-0.2, 0) is 0 Å². The minimum atomic E-state index is -0.170. The Morgan fingerprint density at radius 1 is 1.12 bits per heavy atom. The van der Waals surface area contributed by atoms with Crippen molar-refractivity contribution in [1.82, 2.24) is 0 Å². The Labute approximate surface area is 112 Å². The van der Waals surface area contributed by atoms with Gasteiger partial charge in [0.2, 0.25) is 0 Å². The fraction of sp³-hybridized carbons (Fsp3) is 0.600. The van der Waals surface area contributed by atoms with Gasteiger partial charge in [-0.3, -0.25) is 0 Å². The quantitative estimate of drug-likeness (QED) is 0.577. The van der Waals surface area contributed by atoms with E-state index in [9.17, 15) is 5.11 Å². The Hall–Kier alpha value is -0.301. The third-order valence-corrected chi connectivity index (χ3v) is 6.01. The zero-order valence-corrected chi connectivity index (χ0v) is 12.6. The summed E-state index contributed by atoms with van der Waals surface area (Å²) in [7, 11) is 0. The summed E-state index contributed by atoms with van der Waals surface area (Å²) in [5.41, 5.74) is 0. The predicted molar refractivity (Wildman–Crippen MR) is 76.0 cm³/mol. The molecule has 0 aliphatic carbocycles. The van der Waals surface area contributed by atoms with Crippen LogP contribution in [0.2, 0.25) is 4.82 Å². The van der Waals surface area contributed by atoms with Gasteiger partial charge in [0.15, 0.2) is 0 Å². The third-order valence-electron chi connectivity index (χ3n) is 2.91. The van der Waals surface area contributed by atoms with Crippen LogP contribution < -0.4 is 4.46 Å². The number of aliphatic hydroxyl groups is 1. The van der Waals surface area contributed by atoms with Crippen molar-refractivity contribution in [3.63, 3.8) is 0 Å². The summed E-state index contributed by atoms with van der Waals surface area (Å²) < 4.78 is 1.40. The van der Waals surface area contributed by atoms with Crippen molar-refractivity contribution in [3.05, 3.63) is 30.3 Å². The molecule has 96 valence electrons. The van der Waals surface area contributed by atoms with E-state index in [1.165, 1.54) is 36.6 Å². The fourth-order valence-corrected chi connectivity index (χ4v) is 4.25. The Balaban J connectivity index is 2.38. The second-order valence-electron chi connectivity index (χ2n) is 4.56. The Kier molecular flexibility index (Phi) is 7.59. The molecule has 1 N–H and O–H groups in total. The van der Waals surface area contributed by atoms with Gasteiger partial charge in [-0.05, 0) is 0 Å². The Morgan fingerprint density at radius 3 is 2.41 bits per heavy atom. The summed E-state index contributed by atoms with van der Waals surface area (Å²) in [6.07, 6.45) is 6.18. The Morgan fingerprint density at radius 2 is 1.82 bits per heavy atom. The van der Waals surface area contributed by atoms with Crippen LogP contribution in [0.3, 0.4) is 0 Å². The normalized spacial score (nSPS) is 14.5. The molecule has 0 saturated heterocycles. The number of benzene rings is 1. The number of aliphatic hydroxyl groups excluding tert-OH is 1.